The van der Waals surface area contributed by atoms with Crippen LogP contribution in [0.15, 0.2) is 91.3 Å². The lowest BCUT2D eigenvalue weighted by atomic mass is 10.0. The predicted molar refractivity (Wildman–Crippen MR) is 141 cm³/mol. The molecular formula is C27H25N5O2S. The summed E-state index contributed by atoms with van der Waals surface area (Å²) in [5, 5.41) is 6.91. The first-order chi connectivity index (χ1) is 17.1. The summed E-state index contributed by atoms with van der Waals surface area (Å²) in [5.41, 5.74) is 4.50. The zero-order valence-electron chi connectivity index (χ0n) is 19.4. The van der Waals surface area contributed by atoms with Crippen molar-refractivity contribution in [3.63, 3.8) is 0 Å². The Balaban J connectivity index is 1.63. The third-order valence-corrected chi connectivity index (χ3v) is 6.31. The van der Waals surface area contributed by atoms with E-state index < -0.39 is 0 Å². The number of aromatic nitrogens is 2. The molecule has 0 aliphatic carbocycles. The summed E-state index contributed by atoms with van der Waals surface area (Å²) < 4.78 is 7.79. The Hall–Kier alpha value is -4.17. The van der Waals surface area contributed by atoms with Gasteiger partial charge in [-0.3, -0.25) is 9.78 Å². The van der Waals surface area contributed by atoms with Crippen molar-refractivity contribution in [2.24, 2.45) is 0 Å². The van der Waals surface area contributed by atoms with Gasteiger partial charge in [0, 0.05) is 36.4 Å². The molecule has 2 N–H and O–H groups in total. The van der Waals surface area contributed by atoms with Crippen LogP contribution in [0.3, 0.4) is 0 Å². The van der Waals surface area contributed by atoms with Crippen molar-refractivity contribution < 1.29 is 9.53 Å². The van der Waals surface area contributed by atoms with Crippen molar-refractivity contribution in [2.45, 2.75) is 19.0 Å². The van der Waals surface area contributed by atoms with E-state index in [-0.39, 0.29) is 18.0 Å². The Morgan fingerprint density at radius 1 is 1.03 bits per heavy atom. The van der Waals surface area contributed by atoms with Crippen molar-refractivity contribution in [2.75, 3.05) is 17.3 Å². The molecule has 2 aromatic heterocycles. The van der Waals surface area contributed by atoms with Crippen LogP contribution in [-0.4, -0.2) is 27.7 Å². The van der Waals surface area contributed by atoms with Gasteiger partial charge in [-0.2, -0.15) is 0 Å². The third-order valence-electron chi connectivity index (χ3n) is 5.99. The lowest BCUT2D eigenvalue weighted by Gasteiger charge is -2.29. The highest BCUT2D eigenvalue weighted by molar-refractivity contribution is 7.80. The molecular weight excluding hydrogens is 458 g/mol. The molecule has 1 fully saturated rings. The largest absolute Gasteiger partial charge is 0.495 e. The number of benzene rings is 2. The maximum atomic E-state index is 11.5. The second kappa shape index (κ2) is 9.60. The first-order valence-electron chi connectivity index (χ1n) is 11.3. The van der Waals surface area contributed by atoms with E-state index in [1.807, 2.05) is 79.0 Å². The number of methoxy groups -OCH3 is 1. The maximum absolute atomic E-state index is 11.5. The quantitative estimate of drug-likeness (QED) is 0.376. The number of hydrogen-bond donors (Lipinski definition) is 2. The molecule has 0 spiro atoms. The van der Waals surface area contributed by atoms with Crippen molar-refractivity contribution in [3.05, 3.63) is 103 Å². The number of para-hydroxylation sites is 2. The van der Waals surface area contributed by atoms with Gasteiger partial charge in [-0.25, -0.2) is 0 Å². The molecule has 1 aliphatic rings. The average molecular weight is 484 g/mol. The fourth-order valence-electron chi connectivity index (χ4n) is 4.53. The summed E-state index contributed by atoms with van der Waals surface area (Å²) >= 11 is 5.85. The van der Waals surface area contributed by atoms with Crippen molar-refractivity contribution in [1.29, 1.82) is 0 Å². The van der Waals surface area contributed by atoms with Crippen LogP contribution < -0.4 is 20.3 Å². The van der Waals surface area contributed by atoms with Crippen molar-refractivity contribution in [1.82, 2.24) is 14.9 Å². The van der Waals surface area contributed by atoms with Crippen LogP contribution in [0, 0.1) is 0 Å². The molecule has 1 aliphatic heterocycles. The summed E-state index contributed by atoms with van der Waals surface area (Å²) in [5.74, 6) is 0.665. The van der Waals surface area contributed by atoms with E-state index in [0.29, 0.717) is 5.11 Å². The van der Waals surface area contributed by atoms with Crippen molar-refractivity contribution in [3.8, 4) is 11.4 Å². The minimum absolute atomic E-state index is 0.112. The number of carbonyl (C=O) groups is 1. The zero-order chi connectivity index (χ0) is 24.4. The molecule has 0 bridgehead atoms. The lowest BCUT2D eigenvalue weighted by Crippen LogP contribution is -2.30. The molecule has 4 aromatic rings. The first kappa shape index (κ1) is 22.6. The first-order valence-corrected chi connectivity index (χ1v) is 11.7. The number of pyridine rings is 1. The number of anilines is 2. The number of rotatable bonds is 6. The number of thiocarbonyl (C=S) groups is 1. The molecule has 2 atom stereocenters. The number of ether oxygens (including phenoxy) is 1. The van der Waals surface area contributed by atoms with E-state index in [4.69, 9.17) is 17.0 Å². The van der Waals surface area contributed by atoms with Gasteiger partial charge in [0.25, 0.3) is 0 Å². The number of nitrogens with zero attached hydrogens (tertiary/aromatic N) is 3. The van der Waals surface area contributed by atoms with Gasteiger partial charge in [0.1, 0.15) is 11.8 Å². The van der Waals surface area contributed by atoms with E-state index in [0.717, 1.165) is 34.2 Å². The molecule has 3 heterocycles. The SMILES string of the molecule is COc1ccccc1-n1cccc1[C@@H]1[C@@H](c2ccccn2)NC(=S)N1c1ccc(NC(C)=O)cc1. The molecule has 1 amide bonds. The highest BCUT2D eigenvalue weighted by Gasteiger charge is 2.42. The highest BCUT2D eigenvalue weighted by Crippen LogP contribution is 2.43. The van der Waals surface area contributed by atoms with E-state index in [1.165, 1.54) is 6.92 Å². The Morgan fingerprint density at radius 2 is 1.80 bits per heavy atom. The zero-order valence-corrected chi connectivity index (χ0v) is 20.2. The van der Waals surface area contributed by atoms with E-state index in [9.17, 15) is 4.79 Å². The molecule has 8 heteroatoms. The molecule has 1 saturated heterocycles. The Labute approximate surface area is 209 Å². The Kier molecular flexibility index (Phi) is 6.20. The van der Waals surface area contributed by atoms with Crippen LogP contribution >= 0.6 is 12.2 Å². The van der Waals surface area contributed by atoms with E-state index in [1.54, 1.807) is 13.3 Å². The van der Waals surface area contributed by atoms with Gasteiger partial charge in [-0.15, -0.1) is 0 Å². The second-order valence-corrected chi connectivity index (χ2v) is 8.59. The average Bonchev–Trinajstić information content (AvgIpc) is 3.49. The van der Waals surface area contributed by atoms with Gasteiger partial charge in [-0.05, 0) is 72.9 Å². The smallest absolute Gasteiger partial charge is 0.221 e. The number of nitrogens with one attached hydrogen (secondary N) is 2. The van der Waals surface area contributed by atoms with Crippen LogP contribution in [0.4, 0.5) is 11.4 Å². The highest BCUT2D eigenvalue weighted by atomic mass is 32.1. The van der Waals surface area contributed by atoms with Crippen LogP contribution in [0.2, 0.25) is 0 Å². The molecule has 35 heavy (non-hydrogen) atoms. The topological polar surface area (TPSA) is 71.4 Å². The van der Waals surface area contributed by atoms with E-state index >= 15 is 0 Å². The second-order valence-electron chi connectivity index (χ2n) is 8.20. The molecule has 0 radical (unpaired) electrons. The summed E-state index contributed by atoms with van der Waals surface area (Å²) in [6.07, 6.45) is 3.82. The molecule has 2 aromatic carbocycles. The molecule has 0 saturated carbocycles. The Morgan fingerprint density at radius 3 is 2.51 bits per heavy atom. The summed E-state index contributed by atoms with van der Waals surface area (Å²) in [7, 11) is 1.67. The molecule has 7 nitrogen and oxygen atoms in total. The molecule has 0 unspecified atom stereocenters. The van der Waals surface area contributed by atoms with Gasteiger partial charge in [0.05, 0.1) is 24.5 Å². The standard InChI is InChI=1S/C27H25N5O2S/c1-18(33)29-19-12-14-20(15-13-19)32-26(25(30-27(32)35)21-8-5-6-16-28-21)23-10-7-17-31(23)22-9-3-4-11-24(22)34-2/h3-17,25-26H,1-2H3,(H,29,33)(H,30,35)/t25-,26-/m1/s1. The Bertz CT molecular complexity index is 1350. The van der Waals surface area contributed by atoms with Gasteiger partial charge >= 0.3 is 0 Å². The fourth-order valence-corrected chi connectivity index (χ4v) is 4.87. The van der Waals surface area contributed by atoms with Gasteiger partial charge in [-0.1, -0.05) is 18.2 Å². The van der Waals surface area contributed by atoms with Crippen LogP contribution in [0.1, 0.15) is 30.4 Å². The fraction of sp³-hybridized carbons (Fsp3) is 0.148. The van der Waals surface area contributed by atoms with Gasteiger partial charge in [0.15, 0.2) is 5.11 Å². The summed E-state index contributed by atoms with van der Waals surface area (Å²) in [6.45, 7) is 1.49. The van der Waals surface area contributed by atoms with Crippen LogP contribution in [-0.2, 0) is 4.79 Å². The maximum Gasteiger partial charge on any atom is 0.221 e. The van der Waals surface area contributed by atoms with Gasteiger partial charge in [0.2, 0.25) is 5.91 Å². The minimum atomic E-state index is -0.191. The molecule has 176 valence electrons. The summed E-state index contributed by atoms with van der Waals surface area (Å²) in [6, 6.07) is 25.3. The van der Waals surface area contributed by atoms with Crippen LogP contribution in [0.5, 0.6) is 5.75 Å². The summed E-state index contributed by atoms with van der Waals surface area (Å²) in [4.78, 5) is 18.2. The van der Waals surface area contributed by atoms with Crippen LogP contribution in [0.25, 0.3) is 5.69 Å². The monoisotopic (exact) mass is 483 g/mol. The lowest BCUT2D eigenvalue weighted by molar-refractivity contribution is -0.114. The third kappa shape index (κ3) is 4.36. The number of amides is 1. The minimum Gasteiger partial charge on any atom is -0.495 e. The number of carbonyl (C=O) groups excluding carboxylic acids is 1. The van der Waals surface area contributed by atoms with Gasteiger partial charge < -0.3 is 24.8 Å². The molecule has 5 rings (SSSR count). The number of hydrogen-bond acceptors (Lipinski definition) is 4. The van der Waals surface area contributed by atoms with Crippen molar-refractivity contribution >= 4 is 34.6 Å². The van der Waals surface area contributed by atoms with E-state index in [2.05, 4.69) is 31.2 Å². The predicted octanol–water partition coefficient (Wildman–Crippen LogP) is 5.02. The normalized spacial score (nSPS) is 17.2.